The van der Waals surface area contributed by atoms with Crippen LogP contribution in [-0.4, -0.2) is 36.8 Å². The Morgan fingerprint density at radius 3 is 2.42 bits per heavy atom. The molecule has 1 aromatic carbocycles. The van der Waals surface area contributed by atoms with E-state index in [4.69, 9.17) is 4.52 Å². The minimum Gasteiger partial charge on any atom is -0.358 e. The van der Waals surface area contributed by atoms with Crippen molar-refractivity contribution in [2.75, 3.05) is 5.32 Å². The average molecular weight is 502 g/mol. The molecule has 0 spiro atoms. The number of hydrogen-bond donors (Lipinski definition) is 1. The number of nitrogens with zero attached hydrogens (tertiary/aromatic N) is 5. The van der Waals surface area contributed by atoms with Gasteiger partial charge in [-0.15, -0.1) is 0 Å². The lowest BCUT2D eigenvalue weighted by atomic mass is 9.89. The van der Waals surface area contributed by atoms with Crippen molar-refractivity contribution in [1.29, 1.82) is 0 Å². The van der Waals surface area contributed by atoms with E-state index in [1.165, 1.54) is 12.1 Å². The first-order valence-electron chi connectivity index (χ1n) is 10.8. The second-order valence-electron chi connectivity index (χ2n) is 8.83. The summed E-state index contributed by atoms with van der Waals surface area (Å²) in [4.78, 5) is 25.2. The normalized spacial score (nSPS) is 12.1. The lowest BCUT2D eigenvalue weighted by molar-refractivity contribution is -0.185. The maximum atomic E-state index is 14.7. The lowest BCUT2D eigenvalue weighted by Crippen LogP contribution is -2.35. The SMILES string of the molecule is Cn1cnc(Cc2ncc(-c3ccc(CC(=O)Nc4cc(C(C)(C)C(F)(F)F)on4)c(F)c3)cn2)c1. The van der Waals surface area contributed by atoms with Crippen molar-refractivity contribution in [2.24, 2.45) is 7.05 Å². The smallest absolute Gasteiger partial charge is 0.358 e. The standard InChI is InChI=1S/C24H22F4N6O2/c1-23(2,24(26,27)28)19-9-21(33-36-19)32-22(35)7-15-5-4-14(6-18(15)25)16-10-29-20(30-11-16)8-17-12-34(3)13-31-17/h4-6,9-13H,7-8H2,1-3H3,(H,32,33,35). The number of amides is 1. The molecule has 1 N–H and O–H groups in total. The quantitative estimate of drug-likeness (QED) is 0.371. The van der Waals surface area contributed by atoms with Gasteiger partial charge in [0, 0.05) is 37.3 Å². The molecule has 188 valence electrons. The molecule has 0 atom stereocenters. The maximum absolute atomic E-state index is 14.7. The van der Waals surface area contributed by atoms with Crippen LogP contribution in [0.3, 0.4) is 0 Å². The predicted molar refractivity (Wildman–Crippen MR) is 121 cm³/mol. The van der Waals surface area contributed by atoms with E-state index >= 15 is 0 Å². The third kappa shape index (κ3) is 5.42. The molecule has 0 bridgehead atoms. The number of anilines is 1. The number of aromatic nitrogens is 5. The zero-order chi connectivity index (χ0) is 26.1. The Hall–Kier alpha value is -4.09. The van der Waals surface area contributed by atoms with Crippen LogP contribution in [0.25, 0.3) is 11.1 Å². The number of hydrogen-bond acceptors (Lipinski definition) is 6. The van der Waals surface area contributed by atoms with Gasteiger partial charge < -0.3 is 14.4 Å². The molecule has 0 fully saturated rings. The zero-order valence-electron chi connectivity index (χ0n) is 19.6. The topological polar surface area (TPSA) is 98.7 Å². The van der Waals surface area contributed by atoms with Gasteiger partial charge in [0.25, 0.3) is 0 Å². The third-order valence-corrected chi connectivity index (χ3v) is 5.64. The van der Waals surface area contributed by atoms with Gasteiger partial charge in [0.15, 0.2) is 11.6 Å². The van der Waals surface area contributed by atoms with Gasteiger partial charge in [0.2, 0.25) is 5.91 Å². The fraction of sp³-hybridized carbons (Fsp3) is 0.292. The van der Waals surface area contributed by atoms with Crippen molar-refractivity contribution in [2.45, 2.75) is 38.3 Å². The van der Waals surface area contributed by atoms with Crippen molar-refractivity contribution in [3.05, 3.63) is 77.8 Å². The molecule has 1 amide bonds. The van der Waals surface area contributed by atoms with Crippen molar-refractivity contribution < 1.29 is 26.9 Å². The minimum absolute atomic E-state index is 0.100. The molecule has 8 nitrogen and oxygen atoms in total. The minimum atomic E-state index is -4.57. The van der Waals surface area contributed by atoms with Crippen LogP contribution in [0.15, 0.2) is 53.7 Å². The molecule has 0 unspecified atom stereocenters. The Bertz CT molecular complexity index is 1380. The molecular formula is C24H22F4N6O2. The molecular weight excluding hydrogens is 480 g/mol. The number of nitrogens with one attached hydrogen (secondary N) is 1. The summed E-state index contributed by atoms with van der Waals surface area (Å²) < 4.78 is 60.8. The number of alkyl halides is 3. The van der Waals surface area contributed by atoms with E-state index in [9.17, 15) is 22.4 Å². The number of carbonyl (C=O) groups is 1. The van der Waals surface area contributed by atoms with Crippen molar-refractivity contribution in [1.82, 2.24) is 24.7 Å². The molecule has 0 saturated carbocycles. The van der Waals surface area contributed by atoms with Crippen molar-refractivity contribution >= 4 is 11.7 Å². The Kier molecular flexibility index (Phi) is 6.61. The summed E-state index contributed by atoms with van der Waals surface area (Å²) in [6.45, 7) is 1.88. The average Bonchev–Trinajstić information content (AvgIpc) is 3.44. The summed E-state index contributed by atoms with van der Waals surface area (Å²) in [5.74, 6) is -1.35. The van der Waals surface area contributed by atoms with Gasteiger partial charge in [-0.05, 0) is 31.0 Å². The highest BCUT2D eigenvalue weighted by atomic mass is 19.4. The molecule has 0 aliphatic carbocycles. The van der Waals surface area contributed by atoms with Gasteiger partial charge in [-0.25, -0.2) is 19.3 Å². The van der Waals surface area contributed by atoms with Crippen LogP contribution in [0, 0.1) is 5.82 Å². The highest BCUT2D eigenvalue weighted by Crippen LogP contribution is 2.41. The van der Waals surface area contributed by atoms with Gasteiger partial charge in [0.05, 0.1) is 24.9 Å². The predicted octanol–water partition coefficient (Wildman–Crippen LogP) is 4.62. The second-order valence-corrected chi connectivity index (χ2v) is 8.83. The molecule has 0 radical (unpaired) electrons. The third-order valence-electron chi connectivity index (χ3n) is 5.64. The number of aryl methyl sites for hydroxylation is 1. The largest absolute Gasteiger partial charge is 0.401 e. The molecule has 3 heterocycles. The fourth-order valence-corrected chi connectivity index (χ4v) is 3.31. The summed E-state index contributed by atoms with van der Waals surface area (Å²) in [5, 5.41) is 5.80. The number of rotatable bonds is 7. The summed E-state index contributed by atoms with van der Waals surface area (Å²) in [6.07, 6.45) is 2.26. The molecule has 0 aliphatic rings. The van der Waals surface area contributed by atoms with Gasteiger partial charge in [-0.2, -0.15) is 13.2 Å². The van der Waals surface area contributed by atoms with Crippen LogP contribution < -0.4 is 5.32 Å². The van der Waals surface area contributed by atoms with E-state index in [-0.39, 0.29) is 17.8 Å². The fourth-order valence-electron chi connectivity index (χ4n) is 3.31. The number of carbonyl (C=O) groups excluding carboxylic acids is 1. The molecule has 3 aromatic heterocycles. The monoisotopic (exact) mass is 502 g/mol. The van der Waals surface area contributed by atoms with E-state index in [1.54, 1.807) is 24.8 Å². The van der Waals surface area contributed by atoms with Gasteiger partial charge in [-0.1, -0.05) is 17.3 Å². The highest BCUT2D eigenvalue weighted by molar-refractivity contribution is 5.91. The van der Waals surface area contributed by atoms with E-state index < -0.39 is 29.1 Å². The van der Waals surface area contributed by atoms with Crippen molar-refractivity contribution in [3.63, 3.8) is 0 Å². The molecule has 36 heavy (non-hydrogen) atoms. The second kappa shape index (κ2) is 9.51. The number of benzene rings is 1. The first kappa shape index (κ1) is 25.0. The Balaban J connectivity index is 1.39. The lowest BCUT2D eigenvalue weighted by Gasteiger charge is -2.24. The highest BCUT2D eigenvalue weighted by Gasteiger charge is 2.51. The number of halogens is 4. The molecule has 4 rings (SSSR count). The molecule has 0 saturated heterocycles. The van der Waals surface area contributed by atoms with E-state index in [0.29, 0.717) is 23.4 Å². The van der Waals surface area contributed by atoms with Crippen LogP contribution in [0.2, 0.25) is 0 Å². The van der Waals surface area contributed by atoms with Crippen LogP contribution in [0.4, 0.5) is 23.4 Å². The summed E-state index contributed by atoms with van der Waals surface area (Å²) in [5.41, 5.74) is -0.243. The Morgan fingerprint density at radius 2 is 1.81 bits per heavy atom. The van der Waals surface area contributed by atoms with Crippen LogP contribution in [-0.2, 0) is 30.1 Å². The van der Waals surface area contributed by atoms with Gasteiger partial charge in [-0.3, -0.25) is 4.79 Å². The molecule has 0 aliphatic heterocycles. The Labute approximate surface area is 203 Å². The summed E-state index contributed by atoms with van der Waals surface area (Å²) in [7, 11) is 1.87. The first-order chi connectivity index (χ1) is 16.9. The van der Waals surface area contributed by atoms with Gasteiger partial charge in [0.1, 0.15) is 17.1 Å². The summed E-state index contributed by atoms with van der Waals surface area (Å²) in [6, 6.07) is 5.35. The Morgan fingerprint density at radius 1 is 1.08 bits per heavy atom. The number of imidazole rings is 1. The van der Waals surface area contributed by atoms with Gasteiger partial charge >= 0.3 is 6.18 Å². The molecule has 4 aromatic rings. The van der Waals surface area contributed by atoms with Crippen LogP contribution >= 0.6 is 0 Å². The van der Waals surface area contributed by atoms with E-state index in [1.807, 2.05) is 17.8 Å². The van der Waals surface area contributed by atoms with Crippen LogP contribution in [0.5, 0.6) is 0 Å². The summed E-state index contributed by atoms with van der Waals surface area (Å²) >= 11 is 0. The van der Waals surface area contributed by atoms with Crippen LogP contribution in [0.1, 0.15) is 36.7 Å². The maximum Gasteiger partial charge on any atom is 0.401 e. The first-order valence-corrected chi connectivity index (χ1v) is 10.8. The van der Waals surface area contributed by atoms with Crippen molar-refractivity contribution in [3.8, 4) is 11.1 Å². The van der Waals surface area contributed by atoms with E-state index in [2.05, 4.69) is 25.4 Å². The zero-order valence-corrected chi connectivity index (χ0v) is 19.6. The molecule has 12 heteroatoms. The van der Waals surface area contributed by atoms with E-state index in [0.717, 1.165) is 25.6 Å².